The molecule has 1 saturated carbocycles. The van der Waals surface area contributed by atoms with Crippen LogP contribution in [0.25, 0.3) is 0 Å². The number of esters is 1. The van der Waals surface area contributed by atoms with E-state index >= 15 is 0 Å². The highest BCUT2D eigenvalue weighted by Gasteiger charge is 2.30. The van der Waals surface area contributed by atoms with Gasteiger partial charge in [-0.05, 0) is 37.8 Å². The maximum Gasteiger partial charge on any atom is 0.345 e. The molecule has 0 bridgehead atoms. The fourth-order valence-electron chi connectivity index (χ4n) is 2.73. The van der Waals surface area contributed by atoms with Crippen LogP contribution in [0.2, 0.25) is 0 Å². The quantitative estimate of drug-likeness (QED) is 0.776. The molecule has 0 saturated heterocycles. The number of amides is 1. The number of carbonyl (C=O) groups is 2. The summed E-state index contributed by atoms with van der Waals surface area (Å²) in [6.07, 6.45) is 0.971. The number of rotatable bonds is 7. The molecule has 0 heterocycles. The lowest BCUT2D eigenvalue weighted by Crippen LogP contribution is -2.34. The molecular formula is C21H23NO4. The van der Waals surface area contributed by atoms with Gasteiger partial charge in [0.15, 0.2) is 6.61 Å². The van der Waals surface area contributed by atoms with Gasteiger partial charge in [-0.3, -0.25) is 4.79 Å². The van der Waals surface area contributed by atoms with Gasteiger partial charge in [-0.15, -0.1) is 0 Å². The van der Waals surface area contributed by atoms with E-state index in [1.165, 1.54) is 0 Å². The van der Waals surface area contributed by atoms with E-state index in [9.17, 15) is 9.59 Å². The average Bonchev–Trinajstić information content (AvgIpc) is 3.44. The first-order chi connectivity index (χ1) is 12.5. The molecule has 0 unspecified atom stereocenters. The van der Waals surface area contributed by atoms with E-state index in [1.54, 1.807) is 12.1 Å². The Labute approximate surface area is 153 Å². The molecule has 2 aromatic rings. The second-order valence-corrected chi connectivity index (χ2v) is 6.57. The van der Waals surface area contributed by atoms with Crippen LogP contribution in [0.4, 0.5) is 0 Å². The van der Waals surface area contributed by atoms with Gasteiger partial charge < -0.3 is 14.8 Å². The Hall–Kier alpha value is -2.82. The zero-order valence-corrected chi connectivity index (χ0v) is 15.0. The van der Waals surface area contributed by atoms with Gasteiger partial charge >= 0.3 is 5.97 Å². The molecule has 1 atom stereocenters. The van der Waals surface area contributed by atoms with Crippen molar-refractivity contribution >= 4 is 11.9 Å². The third-order valence-corrected chi connectivity index (χ3v) is 4.26. The van der Waals surface area contributed by atoms with Crippen LogP contribution in [0.3, 0.4) is 0 Å². The smallest absolute Gasteiger partial charge is 0.345 e. The largest absolute Gasteiger partial charge is 0.481 e. The van der Waals surface area contributed by atoms with Gasteiger partial charge in [0.1, 0.15) is 5.75 Å². The molecule has 1 aliphatic carbocycles. The van der Waals surface area contributed by atoms with Crippen LogP contribution >= 0.6 is 0 Å². The number of benzene rings is 2. The lowest BCUT2D eigenvalue weighted by molar-refractivity contribution is -0.158. The van der Waals surface area contributed by atoms with Gasteiger partial charge in [0.05, 0.1) is 0 Å². The maximum atomic E-state index is 12.5. The molecule has 0 aromatic heterocycles. The summed E-state index contributed by atoms with van der Waals surface area (Å²) in [5.41, 5.74) is 2.54. The molecular weight excluding hydrogens is 330 g/mol. The summed E-state index contributed by atoms with van der Waals surface area (Å²) in [6, 6.07) is 15.0. The first-order valence-electron chi connectivity index (χ1n) is 8.78. The van der Waals surface area contributed by atoms with Crippen molar-refractivity contribution in [2.75, 3.05) is 6.61 Å². The van der Waals surface area contributed by atoms with Crippen LogP contribution in [0.5, 0.6) is 5.75 Å². The van der Waals surface area contributed by atoms with Crippen LogP contribution in [0.15, 0.2) is 48.5 Å². The highest BCUT2D eigenvalue weighted by molar-refractivity contribution is 5.85. The van der Waals surface area contributed by atoms with E-state index in [2.05, 4.69) is 5.32 Å². The van der Waals surface area contributed by atoms with Crippen LogP contribution in [-0.4, -0.2) is 24.5 Å². The molecule has 1 fully saturated rings. The molecule has 1 aliphatic rings. The van der Waals surface area contributed by atoms with Crippen LogP contribution < -0.4 is 10.1 Å². The summed E-state index contributed by atoms with van der Waals surface area (Å²) >= 11 is 0. The summed E-state index contributed by atoms with van der Waals surface area (Å²) in [7, 11) is 0. The molecule has 0 aliphatic heterocycles. The van der Waals surface area contributed by atoms with Crippen molar-refractivity contribution in [2.45, 2.75) is 38.8 Å². The van der Waals surface area contributed by atoms with E-state index < -0.39 is 12.1 Å². The van der Waals surface area contributed by atoms with E-state index in [0.29, 0.717) is 11.3 Å². The second kappa shape index (κ2) is 8.04. The first-order valence-corrected chi connectivity index (χ1v) is 8.78. The highest BCUT2D eigenvalue weighted by Crippen LogP contribution is 2.24. The SMILES string of the molecule is Cc1cccc(C)c1OCC(=O)O[C@@H](C(=O)NC1CC1)c1ccccc1. The lowest BCUT2D eigenvalue weighted by Gasteiger charge is -2.18. The van der Waals surface area contributed by atoms with E-state index in [1.807, 2.05) is 50.2 Å². The second-order valence-electron chi connectivity index (χ2n) is 6.57. The fourth-order valence-corrected chi connectivity index (χ4v) is 2.73. The number of hydrogen-bond acceptors (Lipinski definition) is 4. The Morgan fingerprint density at radius 1 is 1.04 bits per heavy atom. The molecule has 0 radical (unpaired) electrons. The Kier molecular flexibility index (Phi) is 5.56. The molecule has 5 nitrogen and oxygen atoms in total. The standard InChI is InChI=1S/C21H23NO4/c1-14-7-6-8-15(2)19(14)25-13-18(23)26-20(16-9-4-3-5-10-16)21(24)22-17-11-12-17/h3-10,17,20H,11-13H2,1-2H3,(H,22,24)/t20-/m1/s1. The molecule has 3 rings (SSSR count). The number of hydrogen-bond donors (Lipinski definition) is 1. The number of para-hydroxylation sites is 1. The molecule has 2 aromatic carbocycles. The van der Waals surface area contributed by atoms with Crippen LogP contribution in [0.1, 0.15) is 35.6 Å². The zero-order chi connectivity index (χ0) is 18.5. The van der Waals surface area contributed by atoms with Gasteiger partial charge in [0, 0.05) is 11.6 Å². The summed E-state index contributed by atoms with van der Waals surface area (Å²) in [6.45, 7) is 3.60. The van der Waals surface area contributed by atoms with Crippen molar-refractivity contribution in [3.05, 3.63) is 65.2 Å². The van der Waals surface area contributed by atoms with Crippen molar-refractivity contribution in [2.24, 2.45) is 0 Å². The Bertz CT molecular complexity index is 764. The molecule has 5 heteroatoms. The van der Waals surface area contributed by atoms with E-state index in [0.717, 1.165) is 24.0 Å². The third-order valence-electron chi connectivity index (χ3n) is 4.26. The summed E-state index contributed by atoms with van der Waals surface area (Å²) in [5.74, 6) is -0.199. The van der Waals surface area contributed by atoms with Gasteiger partial charge in [-0.25, -0.2) is 4.79 Å². The number of ether oxygens (including phenoxy) is 2. The van der Waals surface area contributed by atoms with Crippen LogP contribution in [0, 0.1) is 13.8 Å². The predicted molar refractivity (Wildman–Crippen MR) is 97.9 cm³/mol. The maximum absolute atomic E-state index is 12.5. The third kappa shape index (κ3) is 4.63. The lowest BCUT2D eigenvalue weighted by atomic mass is 10.1. The molecule has 26 heavy (non-hydrogen) atoms. The van der Waals surface area contributed by atoms with Gasteiger partial charge in [-0.2, -0.15) is 0 Å². The molecule has 0 spiro atoms. The van der Waals surface area contributed by atoms with E-state index in [-0.39, 0.29) is 18.6 Å². The van der Waals surface area contributed by atoms with Crippen molar-refractivity contribution in [1.82, 2.24) is 5.32 Å². The Morgan fingerprint density at radius 2 is 1.69 bits per heavy atom. The predicted octanol–water partition coefficient (Wildman–Crippen LogP) is 3.25. The van der Waals surface area contributed by atoms with Crippen LogP contribution in [-0.2, 0) is 14.3 Å². The monoisotopic (exact) mass is 353 g/mol. The normalized spacial score (nSPS) is 14.4. The van der Waals surface area contributed by atoms with Crippen molar-refractivity contribution in [3.8, 4) is 5.75 Å². The summed E-state index contributed by atoms with van der Waals surface area (Å²) in [4.78, 5) is 24.8. The van der Waals surface area contributed by atoms with Gasteiger partial charge in [0.25, 0.3) is 5.91 Å². The number of carbonyl (C=O) groups excluding carboxylic acids is 2. The minimum absolute atomic E-state index is 0.193. The highest BCUT2D eigenvalue weighted by atomic mass is 16.6. The molecule has 1 amide bonds. The number of nitrogens with one attached hydrogen (secondary N) is 1. The topological polar surface area (TPSA) is 64.6 Å². The summed E-state index contributed by atoms with van der Waals surface area (Å²) in [5, 5.41) is 2.89. The van der Waals surface area contributed by atoms with Gasteiger partial charge in [0.2, 0.25) is 6.10 Å². The summed E-state index contributed by atoms with van der Waals surface area (Å²) < 4.78 is 11.1. The van der Waals surface area contributed by atoms with E-state index in [4.69, 9.17) is 9.47 Å². The van der Waals surface area contributed by atoms with Crippen molar-refractivity contribution in [3.63, 3.8) is 0 Å². The van der Waals surface area contributed by atoms with Crippen molar-refractivity contribution < 1.29 is 19.1 Å². The van der Waals surface area contributed by atoms with Gasteiger partial charge in [-0.1, -0.05) is 48.5 Å². The fraction of sp³-hybridized carbons (Fsp3) is 0.333. The minimum atomic E-state index is -0.967. The first kappa shape index (κ1) is 18.0. The molecule has 136 valence electrons. The average molecular weight is 353 g/mol. The van der Waals surface area contributed by atoms with Crippen molar-refractivity contribution in [1.29, 1.82) is 0 Å². The zero-order valence-electron chi connectivity index (χ0n) is 15.0. The number of aryl methyl sites for hydroxylation is 2. The Balaban J connectivity index is 1.66. The molecule has 1 N–H and O–H groups in total. The minimum Gasteiger partial charge on any atom is -0.481 e. The Morgan fingerprint density at radius 3 is 2.31 bits per heavy atom.